The van der Waals surface area contributed by atoms with Gasteiger partial charge in [0.2, 0.25) is 5.91 Å². The Kier molecular flexibility index (Phi) is 4.24. The maximum atomic E-state index is 12.6. The van der Waals surface area contributed by atoms with Crippen molar-refractivity contribution in [2.75, 3.05) is 18.5 Å². The van der Waals surface area contributed by atoms with Crippen LogP contribution in [-0.2, 0) is 9.53 Å². The fourth-order valence-electron chi connectivity index (χ4n) is 2.39. The van der Waals surface area contributed by atoms with E-state index in [4.69, 9.17) is 15.7 Å². The average molecular weight is 277 g/mol. The van der Waals surface area contributed by atoms with Gasteiger partial charge in [-0.05, 0) is 37.5 Å². The van der Waals surface area contributed by atoms with Crippen molar-refractivity contribution in [3.05, 3.63) is 29.8 Å². The first-order valence-electron chi connectivity index (χ1n) is 6.52. The molecule has 0 saturated carbocycles. The summed E-state index contributed by atoms with van der Waals surface area (Å²) in [5.74, 6) is -0.326. The summed E-state index contributed by atoms with van der Waals surface area (Å²) in [6.45, 7) is 2.78. The molecule has 0 unspecified atom stereocenters. The third kappa shape index (κ3) is 2.75. The minimum Gasteiger partial charge on any atom is -0.409 e. The molecule has 1 saturated heterocycles. The lowest BCUT2D eigenvalue weighted by Gasteiger charge is -2.34. The number of aryl methyl sites for hydroxylation is 1. The Morgan fingerprint density at radius 3 is 2.75 bits per heavy atom. The molecule has 0 atom stereocenters. The summed E-state index contributed by atoms with van der Waals surface area (Å²) in [5, 5.41) is 14.8. The van der Waals surface area contributed by atoms with E-state index in [1.165, 1.54) is 0 Å². The number of oxime groups is 1. The molecule has 20 heavy (non-hydrogen) atoms. The van der Waals surface area contributed by atoms with Crippen molar-refractivity contribution >= 4 is 17.4 Å². The summed E-state index contributed by atoms with van der Waals surface area (Å²) in [7, 11) is 0. The average Bonchev–Trinajstić information content (AvgIpc) is 2.47. The van der Waals surface area contributed by atoms with Gasteiger partial charge in [-0.2, -0.15) is 0 Å². The van der Waals surface area contributed by atoms with Crippen LogP contribution in [-0.4, -0.2) is 30.2 Å². The summed E-state index contributed by atoms with van der Waals surface area (Å²) in [5.41, 5.74) is 6.50. The van der Waals surface area contributed by atoms with Crippen LogP contribution in [0.5, 0.6) is 0 Å². The highest BCUT2D eigenvalue weighted by atomic mass is 16.5. The molecule has 1 amide bonds. The second-order valence-corrected chi connectivity index (χ2v) is 5.00. The van der Waals surface area contributed by atoms with Crippen LogP contribution in [0.4, 0.5) is 5.69 Å². The van der Waals surface area contributed by atoms with Crippen LogP contribution < -0.4 is 11.1 Å². The largest absolute Gasteiger partial charge is 0.409 e. The van der Waals surface area contributed by atoms with Crippen molar-refractivity contribution in [2.45, 2.75) is 19.8 Å². The fourth-order valence-corrected chi connectivity index (χ4v) is 2.39. The van der Waals surface area contributed by atoms with E-state index >= 15 is 0 Å². The zero-order chi connectivity index (χ0) is 14.6. The molecule has 0 aliphatic carbocycles. The Labute approximate surface area is 117 Å². The fraction of sp³-hybridized carbons (Fsp3) is 0.429. The number of nitrogens with zero attached hydrogens (tertiary/aromatic N) is 1. The molecule has 0 radical (unpaired) electrons. The van der Waals surface area contributed by atoms with Gasteiger partial charge in [0.15, 0.2) is 5.84 Å². The molecule has 0 bridgehead atoms. The van der Waals surface area contributed by atoms with Gasteiger partial charge in [-0.1, -0.05) is 17.3 Å². The number of carbonyl (C=O) groups excluding carboxylic acids is 1. The molecule has 0 spiro atoms. The van der Waals surface area contributed by atoms with Gasteiger partial charge in [0.25, 0.3) is 0 Å². The summed E-state index contributed by atoms with van der Waals surface area (Å²) >= 11 is 0. The number of anilines is 1. The molecule has 1 fully saturated rings. The molecular formula is C14H19N3O3. The summed E-state index contributed by atoms with van der Waals surface area (Å²) in [6, 6.07) is 7.50. The Balaban J connectivity index is 2.23. The smallest absolute Gasteiger partial charge is 0.238 e. The summed E-state index contributed by atoms with van der Waals surface area (Å²) < 4.78 is 5.27. The number of carbonyl (C=O) groups is 1. The van der Waals surface area contributed by atoms with E-state index in [0.717, 1.165) is 5.56 Å². The Morgan fingerprint density at radius 2 is 2.15 bits per heavy atom. The highest BCUT2D eigenvalue weighted by Gasteiger charge is 2.44. The minimum atomic E-state index is -1.00. The van der Waals surface area contributed by atoms with Gasteiger partial charge in [0.1, 0.15) is 5.41 Å². The van der Waals surface area contributed by atoms with E-state index in [9.17, 15) is 4.79 Å². The molecule has 108 valence electrons. The number of ether oxygens (including phenoxy) is 1. The van der Waals surface area contributed by atoms with E-state index < -0.39 is 5.41 Å². The predicted molar refractivity (Wildman–Crippen MR) is 75.7 cm³/mol. The lowest BCUT2D eigenvalue weighted by atomic mass is 9.78. The number of nitrogens with one attached hydrogen (secondary N) is 1. The molecule has 1 aliphatic rings. The van der Waals surface area contributed by atoms with Crippen LogP contribution in [0.15, 0.2) is 29.4 Å². The molecule has 6 nitrogen and oxygen atoms in total. The van der Waals surface area contributed by atoms with Crippen LogP contribution >= 0.6 is 0 Å². The number of nitrogens with two attached hydrogens (primary N) is 1. The van der Waals surface area contributed by atoms with Gasteiger partial charge in [-0.15, -0.1) is 0 Å². The number of amidine groups is 1. The Morgan fingerprint density at radius 1 is 1.45 bits per heavy atom. The van der Waals surface area contributed by atoms with Crippen molar-refractivity contribution in [3.8, 4) is 0 Å². The minimum absolute atomic E-state index is 0.0639. The summed E-state index contributed by atoms with van der Waals surface area (Å²) in [4.78, 5) is 12.6. The number of hydrogen-bond acceptors (Lipinski definition) is 4. The zero-order valence-electron chi connectivity index (χ0n) is 11.4. The van der Waals surface area contributed by atoms with Gasteiger partial charge < -0.3 is 21.0 Å². The molecule has 1 aromatic rings. The van der Waals surface area contributed by atoms with Crippen molar-refractivity contribution in [1.29, 1.82) is 0 Å². The van der Waals surface area contributed by atoms with Gasteiger partial charge in [0, 0.05) is 18.9 Å². The predicted octanol–water partition coefficient (Wildman–Crippen LogP) is 1.48. The molecule has 2 rings (SSSR count). The quantitative estimate of drug-likeness (QED) is 0.337. The number of hydrogen-bond donors (Lipinski definition) is 3. The molecule has 6 heteroatoms. The molecule has 1 aromatic carbocycles. The molecule has 0 aromatic heterocycles. The van der Waals surface area contributed by atoms with Gasteiger partial charge >= 0.3 is 0 Å². The van der Waals surface area contributed by atoms with Gasteiger partial charge in [-0.25, -0.2) is 0 Å². The number of rotatable bonds is 3. The Hall–Kier alpha value is -2.08. The number of benzene rings is 1. The van der Waals surface area contributed by atoms with E-state index in [-0.39, 0.29) is 11.7 Å². The third-order valence-corrected chi connectivity index (χ3v) is 3.65. The zero-order valence-corrected chi connectivity index (χ0v) is 11.4. The lowest BCUT2D eigenvalue weighted by Crippen LogP contribution is -2.50. The van der Waals surface area contributed by atoms with Gasteiger partial charge in [0.05, 0.1) is 0 Å². The highest BCUT2D eigenvalue weighted by molar-refractivity contribution is 6.11. The monoisotopic (exact) mass is 277 g/mol. The van der Waals surface area contributed by atoms with Crippen LogP contribution in [0.2, 0.25) is 0 Å². The molecule has 4 N–H and O–H groups in total. The normalized spacial score (nSPS) is 18.6. The Bertz CT molecular complexity index is 522. The van der Waals surface area contributed by atoms with Crippen molar-refractivity contribution in [3.63, 3.8) is 0 Å². The number of amides is 1. The molecular weight excluding hydrogens is 258 g/mol. The SMILES string of the molecule is Cc1cccc(NC(=O)C2(C(N)=NO)CCOCC2)c1. The van der Waals surface area contributed by atoms with E-state index in [2.05, 4.69) is 10.5 Å². The van der Waals surface area contributed by atoms with E-state index in [1.807, 2.05) is 31.2 Å². The topological polar surface area (TPSA) is 96.9 Å². The van der Waals surface area contributed by atoms with Crippen molar-refractivity contribution in [2.24, 2.45) is 16.3 Å². The standard InChI is InChI=1S/C14H19N3O3/c1-10-3-2-4-11(9-10)16-13(18)14(12(15)17-19)5-7-20-8-6-14/h2-4,9,19H,5-8H2,1H3,(H2,15,17)(H,16,18). The van der Waals surface area contributed by atoms with Gasteiger partial charge in [-0.3, -0.25) is 4.79 Å². The second kappa shape index (κ2) is 5.92. The lowest BCUT2D eigenvalue weighted by molar-refractivity contribution is -0.126. The van der Waals surface area contributed by atoms with Crippen LogP contribution in [0.1, 0.15) is 18.4 Å². The molecule has 1 heterocycles. The maximum absolute atomic E-state index is 12.6. The van der Waals surface area contributed by atoms with Crippen molar-refractivity contribution < 1.29 is 14.7 Å². The summed E-state index contributed by atoms with van der Waals surface area (Å²) in [6.07, 6.45) is 0.807. The van der Waals surface area contributed by atoms with Crippen LogP contribution in [0.3, 0.4) is 0 Å². The van der Waals surface area contributed by atoms with Crippen LogP contribution in [0.25, 0.3) is 0 Å². The molecule has 1 aliphatic heterocycles. The first kappa shape index (κ1) is 14.3. The van der Waals surface area contributed by atoms with E-state index in [1.54, 1.807) is 0 Å². The van der Waals surface area contributed by atoms with E-state index in [0.29, 0.717) is 31.7 Å². The third-order valence-electron chi connectivity index (χ3n) is 3.65. The van der Waals surface area contributed by atoms with Crippen LogP contribution in [0, 0.1) is 12.3 Å². The first-order chi connectivity index (χ1) is 9.58. The maximum Gasteiger partial charge on any atom is 0.238 e. The van der Waals surface area contributed by atoms with Crippen molar-refractivity contribution in [1.82, 2.24) is 0 Å². The first-order valence-corrected chi connectivity index (χ1v) is 6.52. The second-order valence-electron chi connectivity index (χ2n) is 5.00. The highest BCUT2D eigenvalue weighted by Crippen LogP contribution is 2.32.